The van der Waals surface area contributed by atoms with Crippen molar-refractivity contribution >= 4 is 23.2 Å². The maximum absolute atomic E-state index is 14.4. The number of benzene rings is 2. The lowest BCUT2D eigenvalue weighted by atomic mass is 9.96. The normalized spacial score (nSPS) is 21.9. The van der Waals surface area contributed by atoms with Crippen LogP contribution in [0.15, 0.2) is 36.4 Å². The lowest BCUT2D eigenvalue weighted by Crippen LogP contribution is -2.46. The number of fused-ring (bicyclic) bond motifs is 2. The Bertz CT molecular complexity index is 1060. The molecule has 1 N–H and O–H groups in total. The molecule has 3 atom stereocenters. The van der Waals surface area contributed by atoms with E-state index in [1.165, 1.54) is 17.0 Å². The van der Waals surface area contributed by atoms with E-state index >= 15 is 0 Å². The third-order valence-corrected chi connectivity index (χ3v) is 7.43. The van der Waals surface area contributed by atoms with Gasteiger partial charge in [-0.15, -0.1) is 4.72 Å². The van der Waals surface area contributed by atoms with E-state index in [0.717, 1.165) is 0 Å². The van der Waals surface area contributed by atoms with Crippen LogP contribution in [0.5, 0.6) is 5.75 Å². The van der Waals surface area contributed by atoms with Gasteiger partial charge in [0.15, 0.2) is 0 Å². The number of hydrogen-bond acceptors (Lipinski definition) is 5. The summed E-state index contributed by atoms with van der Waals surface area (Å²) in [5.74, 6) is -0.610. The Hall–Kier alpha value is -2.42. The molecule has 0 saturated heterocycles. The number of hydrogen-bond donors (Lipinski definition) is 1. The lowest BCUT2D eigenvalue weighted by Gasteiger charge is -2.30. The Morgan fingerprint density at radius 1 is 1.22 bits per heavy atom. The number of amides is 2. The Balaban J connectivity index is 1.58. The van der Waals surface area contributed by atoms with Gasteiger partial charge in [-0.3, -0.25) is 14.5 Å². The maximum Gasteiger partial charge on any atom is 0.261 e. The van der Waals surface area contributed by atoms with Gasteiger partial charge in [0, 0.05) is 28.9 Å². The SMILES string of the molecule is C[C@@H](N[S@+]([O-])C(C)(C)C)c1cc(F)cc2c1O[C@@](C)(CN1C(=O)c3ccccc3C1=O)C2. The van der Waals surface area contributed by atoms with Crippen LogP contribution in [0.25, 0.3) is 0 Å². The minimum Gasteiger partial charge on any atom is -0.598 e. The summed E-state index contributed by atoms with van der Waals surface area (Å²) in [6.07, 6.45) is 0.343. The average molecular weight is 459 g/mol. The summed E-state index contributed by atoms with van der Waals surface area (Å²) in [4.78, 5) is 26.8. The summed E-state index contributed by atoms with van der Waals surface area (Å²) in [7, 11) is 0. The first kappa shape index (κ1) is 22.8. The van der Waals surface area contributed by atoms with E-state index in [1.807, 2.05) is 34.6 Å². The Kier molecular flexibility index (Phi) is 5.59. The molecule has 2 aliphatic heterocycles. The van der Waals surface area contributed by atoms with Crippen molar-refractivity contribution in [1.29, 1.82) is 0 Å². The molecule has 0 fully saturated rings. The summed E-state index contributed by atoms with van der Waals surface area (Å²) in [5, 5.41) is 0. The molecule has 2 amide bonds. The van der Waals surface area contributed by atoms with E-state index < -0.39 is 33.6 Å². The Morgan fingerprint density at radius 2 is 1.81 bits per heavy atom. The van der Waals surface area contributed by atoms with Crippen LogP contribution < -0.4 is 9.46 Å². The molecule has 6 nitrogen and oxygen atoms in total. The molecule has 8 heteroatoms. The van der Waals surface area contributed by atoms with Gasteiger partial charge in [0.1, 0.15) is 21.9 Å². The summed E-state index contributed by atoms with van der Waals surface area (Å²) in [6.45, 7) is 9.23. The van der Waals surface area contributed by atoms with Crippen LogP contribution in [0.2, 0.25) is 0 Å². The van der Waals surface area contributed by atoms with Gasteiger partial charge >= 0.3 is 0 Å². The Labute approximate surface area is 190 Å². The summed E-state index contributed by atoms with van der Waals surface area (Å²) >= 11 is -1.35. The zero-order valence-corrected chi connectivity index (χ0v) is 19.6. The molecule has 32 heavy (non-hydrogen) atoms. The molecule has 2 aromatic carbocycles. The maximum atomic E-state index is 14.4. The highest BCUT2D eigenvalue weighted by molar-refractivity contribution is 7.90. The van der Waals surface area contributed by atoms with E-state index in [9.17, 15) is 18.5 Å². The fraction of sp³-hybridized carbons (Fsp3) is 0.417. The number of halogens is 1. The Morgan fingerprint density at radius 3 is 2.38 bits per heavy atom. The predicted molar refractivity (Wildman–Crippen MR) is 120 cm³/mol. The number of carbonyl (C=O) groups excluding carboxylic acids is 2. The quantitative estimate of drug-likeness (QED) is 0.542. The first-order chi connectivity index (χ1) is 14.9. The summed E-state index contributed by atoms with van der Waals surface area (Å²) < 4.78 is 35.8. The molecule has 0 aliphatic carbocycles. The van der Waals surface area contributed by atoms with Gasteiger partial charge in [0.05, 0.1) is 23.7 Å². The molecule has 0 unspecified atom stereocenters. The monoisotopic (exact) mass is 458 g/mol. The van der Waals surface area contributed by atoms with Gasteiger partial charge in [0.2, 0.25) is 0 Å². The third-order valence-electron chi connectivity index (χ3n) is 5.75. The average Bonchev–Trinajstić information content (AvgIpc) is 3.16. The number of carbonyl (C=O) groups is 2. The van der Waals surface area contributed by atoms with E-state index in [4.69, 9.17) is 4.74 Å². The van der Waals surface area contributed by atoms with Crippen molar-refractivity contribution in [2.75, 3.05) is 6.54 Å². The van der Waals surface area contributed by atoms with Crippen molar-refractivity contribution in [3.8, 4) is 5.75 Å². The van der Waals surface area contributed by atoms with Crippen LogP contribution in [-0.4, -0.2) is 38.2 Å². The molecule has 4 rings (SSSR count). The number of ether oxygens (including phenoxy) is 1. The van der Waals surface area contributed by atoms with Gasteiger partial charge in [-0.05, 0) is 58.9 Å². The zero-order valence-electron chi connectivity index (χ0n) is 18.8. The van der Waals surface area contributed by atoms with E-state index in [-0.39, 0.29) is 18.4 Å². The third kappa shape index (κ3) is 4.02. The molecule has 0 spiro atoms. The molecule has 170 valence electrons. The van der Waals surface area contributed by atoms with Gasteiger partial charge in [-0.25, -0.2) is 4.39 Å². The van der Waals surface area contributed by atoms with Crippen molar-refractivity contribution in [2.24, 2.45) is 0 Å². The minimum absolute atomic E-state index is 0.0464. The predicted octanol–water partition coefficient (Wildman–Crippen LogP) is 3.93. The van der Waals surface area contributed by atoms with Crippen molar-refractivity contribution in [2.45, 2.75) is 57.4 Å². The van der Waals surface area contributed by atoms with Crippen LogP contribution in [0, 0.1) is 5.82 Å². The second-order valence-corrected chi connectivity index (χ2v) is 11.7. The second-order valence-electron chi connectivity index (χ2n) is 9.67. The number of imide groups is 1. The van der Waals surface area contributed by atoms with Gasteiger partial charge in [-0.2, -0.15) is 0 Å². The van der Waals surface area contributed by atoms with Gasteiger partial charge in [0.25, 0.3) is 11.8 Å². The van der Waals surface area contributed by atoms with Crippen molar-refractivity contribution in [3.63, 3.8) is 0 Å². The van der Waals surface area contributed by atoms with Crippen LogP contribution in [-0.2, 0) is 17.8 Å². The summed E-state index contributed by atoms with van der Waals surface area (Å²) in [6, 6.07) is 9.09. The minimum atomic E-state index is -1.35. The number of rotatable bonds is 5. The number of nitrogens with one attached hydrogen (secondary N) is 1. The van der Waals surface area contributed by atoms with Crippen molar-refractivity contribution < 1.29 is 23.3 Å². The lowest BCUT2D eigenvalue weighted by molar-refractivity contribution is 0.0416. The van der Waals surface area contributed by atoms with Gasteiger partial charge in [-0.1, -0.05) is 12.1 Å². The molecule has 0 aromatic heterocycles. The molecule has 0 saturated carbocycles. The first-order valence-electron chi connectivity index (χ1n) is 10.5. The second kappa shape index (κ2) is 7.86. The fourth-order valence-electron chi connectivity index (χ4n) is 4.14. The van der Waals surface area contributed by atoms with Crippen molar-refractivity contribution in [3.05, 3.63) is 64.5 Å². The largest absolute Gasteiger partial charge is 0.598 e. The van der Waals surface area contributed by atoms with Gasteiger partial charge < -0.3 is 9.29 Å². The molecular formula is C24H27FN2O4S. The molecule has 0 radical (unpaired) electrons. The zero-order chi connectivity index (χ0) is 23.4. The topological polar surface area (TPSA) is 81.7 Å². The van der Waals surface area contributed by atoms with Crippen LogP contribution in [0.3, 0.4) is 0 Å². The highest BCUT2D eigenvalue weighted by Crippen LogP contribution is 2.42. The molecule has 0 bridgehead atoms. The summed E-state index contributed by atoms with van der Waals surface area (Å²) in [5.41, 5.74) is 1.08. The van der Waals surface area contributed by atoms with Crippen LogP contribution in [0.1, 0.15) is 72.5 Å². The highest BCUT2D eigenvalue weighted by Gasteiger charge is 2.45. The first-order valence-corrected chi connectivity index (χ1v) is 11.7. The smallest absolute Gasteiger partial charge is 0.261 e. The van der Waals surface area contributed by atoms with Crippen molar-refractivity contribution in [1.82, 2.24) is 9.62 Å². The fourth-order valence-corrected chi connectivity index (χ4v) is 4.94. The van der Waals surface area contributed by atoms with Crippen LogP contribution in [0.4, 0.5) is 4.39 Å². The van der Waals surface area contributed by atoms with Crippen LogP contribution >= 0.6 is 0 Å². The van der Waals surface area contributed by atoms with E-state index in [1.54, 1.807) is 24.3 Å². The van der Waals surface area contributed by atoms with E-state index in [0.29, 0.717) is 34.4 Å². The molecular weight excluding hydrogens is 431 g/mol. The highest BCUT2D eigenvalue weighted by atomic mass is 32.2. The number of nitrogens with zero attached hydrogens (tertiary/aromatic N) is 1. The molecule has 2 aliphatic rings. The molecule has 2 aromatic rings. The standard InChI is InChI=1S/C24H27FN2O4S/c1-14(26-32(30)23(2,3)4)19-11-16(25)10-15-12-24(5,31-20(15)19)13-27-21(28)17-8-6-7-9-18(17)22(27)29/h6-11,14,26H,12-13H2,1-5H3/t14-,24-,32-/m1/s1. The molecule has 2 heterocycles. The van der Waals surface area contributed by atoms with E-state index in [2.05, 4.69) is 4.72 Å².